The lowest BCUT2D eigenvalue weighted by atomic mass is 10.1. The van der Waals surface area contributed by atoms with Gasteiger partial charge in [0.15, 0.2) is 0 Å². The lowest BCUT2D eigenvalue weighted by molar-refractivity contribution is 0.102. The summed E-state index contributed by atoms with van der Waals surface area (Å²) in [4.78, 5) is 12.1. The molecule has 1 amide bonds. The van der Waals surface area contributed by atoms with Crippen LogP contribution in [-0.4, -0.2) is 11.0 Å². The Morgan fingerprint density at radius 1 is 1.26 bits per heavy atom. The minimum absolute atomic E-state index is 0.0512. The molecule has 2 N–H and O–H groups in total. The number of hydrogen-bond acceptors (Lipinski definition) is 2. The van der Waals surface area contributed by atoms with E-state index in [4.69, 9.17) is 11.6 Å². The molecule has 0 heterocycles. The van der Waals surface area contributed by atoms with Crippen molar-refractivity contribution in [2.24, 2.45) is 0 Å². The van der Waals surface area contributed by atoms with Crippen LogP contribution in [0.3, 0.4) is 0 Å². The predicted octanol–water partition coefficient (Wildman–Crippen LogP) is 4.21. The van der Waals surface area contributed by atoms with E-state index in [-0.39, 0.29) is 17.2 Å². The van der Waals surface area contributed by atoms with Gasteiger partial charge in [0.1, 0.15) is 5.75 Å². The van der Waals surface area contributed by atoms with E-state index in [1.165, 1.54) is 6.07 Å². The number of aromatic hydroxyl groups is 1. The maximum Gasteiger partial charge on any atom is 0.259 e. The summed E-state index contributed by atoms with van der Waals surface area (Å²) in [6.07, 6.45) is 0. The average molecular weight is 388 g/mol. The fourth-order valence-corrected chi connectivity index (χ4v) is 2.52. The summed E-state index contributed by atoms with van der Waals surface area (Å²) in [5, 5.41) is 12.9. The van der Waals surface area contributed by atoms with E-state index in [1.54, 1.807) is 24.3 Å². The van der Waals surface area contributed by atoms with E-state index in [1.807, 2.05) is 13.0 Å². The molecule has 0 aromatic heterocycles. The molecule has 0 atom stereocenters. The van der Waals surface area contributed by atoms with Crippen LogP contribution >= 0.6 is 34.2 Å². The second kappa shape index (κ2) is 5.79. The van der Waals surface area contributed by atoms with Crippen LogP contribution in [-0.2, 0) is 0 Å². The minimum Gasteiger partial charge on any atom is -0.507 e. The van der Waals surface area contributed by atoms with Gasteiger partial charge in [-0.05, 0) is 59.8 Å². The number of amides is 1. The van der Waals surface area contributed by atoms with E-state index in [0.29, 0.717) is 10.7 Å². The Balaban J connectivity index is 2.28. The summed E-state index contributed by atoms with van der Waals surface area (Å²) in [5.41, 5.74) is 1.65. The Hall–Kier alpha value is -1.27. The molecule has 2 aromatic rings. The number of rotatable bonds is 2. The topological polar surface area (TPSA) is 49.3 Å². The third kappa shape index (κ3) is 3.39. The maximum absolute atomic E-state index is 12.1. The van der Waals surface area contributed by atoms with E-state index in [9.17, 15) is 9.90 Å². The summed E-state index contributed by atoms with van der Waals surface area (Å²) >= 11 is 8.19. The van der Waals surface area contributed by atoms with Gasteiger partial charge in [-0.1, -0.05) is 23.2 Å². The maximum atomic E-state index is 12.1. The molecule has 0 spiro atoms. The number of phenolic OH excluding ortho intramolecular Hbond substituents is 1. The summed E-state index contributed by atoms with van der Waals surface area (Å²) in [6, 6.07) is 10.2. The van der Waals surface area contributed by atoms with Gasteiger partial charge in [0.2, 0.25) is 0 Å². The number of nitrogens with one attached hydrogen (secondary N) is 1. The molecule has 0 aliphatic heterocycles. The number of hydrogen-bond donors (Lipinski definition) is 2. The first kappa shape index (κ1) is 14.1. The number of halogens is 2. The first-order valence-corrected chi connectivity index (χ1v) is 6.99. The third-order valence-corrected chi connectivity index (χ3v) is 3.56. The Morgan fingerprint density at radius 2 is 2.00 bits per heavy atom. The van der Waals surface area contributed by atoms with Gasteiger partial charge in [0, 0.05) is 3.57 Å². The standard InChI is InChI=1S/C14H11ClINO2/c1-8-2-5-13(18)10(6-8)14(19)17-12-4-3-9(16)7-11(12)15/h2-7,18H,1H3,(H,17,19). The summed E-state index contributed by atoms with van der Waals surface area (Å²) in [5.74, 6) is -0.436. The fourth-order valence-electron chi connectivity index (χ4n) is 1.61. The average Bonchev–Trinajstić information content (AvgIpc) is 2.35. The molecule has 0 fully saturated rings. The van der Waals surface area contributed by atoms with Crippen molar-refractivity contribution < 1.29 is 9.90 Å². The lowest BCUT2D eigenvalue weighted by Crippen LogP contribution is -2.12. The van der Waals surface area contributed by atoms with Crippen LogP contribution in [0.2, 0.25) is 5.02 Å². The first-order valence-electron chi connectivity index (χ1n) is 5.53. The molecule has 2 rings (SSSR count). The largest absolute Gasteiger partial charge is 0.507 e. The zero-order valence-electron chi connectivity index (χ0n) is 10.1. The smallest absolute Gasteiger partial charge is 0.259 e. The molecule has 0 aliphatic rings. The lowest BCUT2D eigenvalue weighted by Gasteiger charge is -2.09. The van der Waals surface area contributed by atoms with Gasteiger partial charge in [0.25, 0.3) is 5.91 Å². The molecule has 0 bridgehead atoms. The van der Waals surface area contributed by atoms with Crippen molar-refractivity contribution in [3.63, 3.8) is 0 Å². The molecule has 19 heavy (non-hydrogen) atoms. The molecule has 98 valence electrons. The molecule has 2 aromatic carbocycles. The van der Waals surface area contributed by atoms with E-state index < -0.39 is 0 Å². The van der Waals surface area contributed by atoms with Crippen LogP contribution in [0.4, 0.5) is 5.69 Å². The number of phenols is 1. The van der Waals surface area contributed by atoms with E-state index in [0.717, 1.165) is 9.13 Å². The van der Waals surface area contributed by atoms with Crippen LogP contribution in [0.15, 0.2) is 36.4 Å². The highest BCUT2D eigenvalue weighted by atomic mass is 127. The van der Waals surface area contributed by atoms with Gasteiger partial charge < -0.3 is 10.4 Å². The van der Waals surface area contributed by atoms with Crippen LogP contribution in [0, 0.1) is 10.5 Å². The highest BCUT2D eigenvalue weighted by molar-refractivity contribution is 14.1. The number of benzene rings is 2. The molecule has 0 saturated carbocycles. The van der Waals surface area contributed by atoms with Crippen LogP contribution in [0.25, 0.3) is 0 Å². The molecule has 5 heteroatoms. The molecule has 0 unspecified atom stereocenters. The van der Waals surface area contributed by atoms with Crippen LogP contribution in [0.1, 0.15) is 15.9 Å². The van der Waals surface area contributed by atoms with Crippen molar-refractivity contribution >= 4 is 45.8 Å². The zero-order valence-corrected chi connectivity index (χ0v) is 13.0. The monoisotopic (exact) mass is 387 g/mol. The molecule has 0 radical (unpaired) electrons. The molecular weight excluding hydrogens is 377 g/mol. The van der Waals surface area contributed by atoms with Gasteiger partial charge in [-0.15, -0.1) is 0 Å². The molecular formula is C14H11ClINO2. The quantitative estimate of drug-likeness (QED) is 0.758. The highest BCUT2D eigenvalue weighted by Gasteiger charge is 2.13. The number of anilines is 1. The normalized spacial score (nSPS) is 10.3. The van der Waals surface area contributed by atoms with Gasteiger partial charge >= 0.3 is 0 Å². The Morgan fingerprint density at radius 3 is 2.68 bits per heavy atom. The van der Waals surface area contributed by atoms with Crippen LogP contribution in [0.5, 0.6) is 5.75 Å². The Labute approximate surface area is 129 Å². The van der Waals surface area contributed by atoms with Gasteiger partial charge in [0.05, 0.1) is 16.3 Å². The summed E-state index contributed by atoms with van der Waals surface area (Å²) < 4.78 is 0.985. The minimum atomic E-state index is -0.385. The van der Waals surface area contributed by atoms with Crippen molar-refractivity contribution in [2.75, 3.05) is 5.32 Å². The highest BCUT2D eigenvalue weighted by Crippen LogP contribution is 2.26. The number of aryl methyl sites for hydroxylation is 1. The SMILES string of the molecule is Cc1ccc(O)c(C(=O)Nc2ccc(I)cc2Cl)c1. The van der Waals surface area contributed by atoms with Crippen molar-refractivity contribution in [3.05, 3.63) is 56.1 Å². The third-order valence-electron chi connectivity index (χ3n) is 2.58. The molecule has 3 nitrogen and oxygen atoms in total. The fraction of sp³-hybridized carbons (Fsp3) is 0.0714. The van der Waals surface area contributed by atoms with E-state index in [2.05, 4.69) is 27.9 Å². The second-order valence-corrected chi connectivity index (χ2v) is 5.75. The zero-order chi connectivity index (χ0) is 14.0. The number of carbonyl (C=O) groups is 1. The summed E-state index contributed by atoms with van der Waals surface area (Å²) in [6.45, 7) is 1.86. The summed E-state index contributed by atoms with van der Waals surface area (Å²) in [7, 11) is 0. The van der Waals surface area contributed by atoms with Gasteiger partial charge in [-0.2, -0.15) is 0 Å². The van der Waals surface area contributed by atoms with Crippen molar-refractivity contribution in [3.8, 4) is 5.75 Å². The Kier molecular flexibility index (Phi) is 4.31. The first-order chi connectivity index (χ1) is 8.97. The van der Waals surface area contributed by atoms with Gasteiger partial charge in [-0.3, -0.25) is 4.79 Å². The van der Waals surface area contributed by atoms with Gasteiger partial charge in [-0.25, -0.2) is 0 Å². The van der Waals surface area contributed by atoms with Crippen LogP contribution < -0.4 is 5.32 Å². The van der Waals surface area contributed by atoms with Crippen molar-refractivity contribution in [1.29, 1.82) is 0 Å². The second-order valence-electron chi connectivity index (χ2n) is 4.10. The van der Waals surface area contributed by atoms with E-state index >= 15 is 0 Å². The molecule has 0 saturated heterocycles. The Bertz CT molecular complexity index is 643. The van der Waals surface area contributed by atoms with Crippen molar-refractivity contribution in [2.45, 2.75) is 6.92 Å². The van der Waals surface area contributed by atoms with Crippen molar-refractivity contribution in [1.82, 2.24) is 0 Å². The predicted molar refractivity (Wildman–Crippen MR) is 85.0 cm³/mol. The molecule has 0 aliphatic carbocycles. The number of carbonyl (C=O) groups excluding carboxylic acids is 1.